The molecule has 0 fully saturated rings. The van der Waals surface area contributed by atoms with Crippen molar-refractivity contribution in [1.82, 2.24) is 4.90 Å². The molecule has 0 saturated carbocycles. The third kappa shape index (κ3) is 5.77. The average molecular weight is 231 g/mol. The second-order valence-corrected chi connectivity index (χ2v) is 4.58. The molecular weight excluding hydrogens is 217 g/mol. The molecule has 0 aliphatic rings. The van der Waals surface area contributed by atoms with E-state index in [1.807, 2.05) is 0 Å². The second kappa shape index (κ2) is 6.58. The maximum atomic E-state index is 10.9. The van der Waals surface area contributed by atoms with Gasteiger partial charge in [-0.05, 0) is 13.0 Å². The van der Waals surface area contributed by atoms with Gasteiger partial charge in [0.25, 0.3) is 10.1 Å². The van der Waals surface area contributed by atoms with Crippen LogP contribution in [0.5, 0.6) is 0 Å². The molecule has 0 heterocycles. The predicted molar refractivity (Wildman–Crippen MR) is 56.0 cm³/mol. The molecule has 78 valence electrons. The van der Waals surface area contributed by atoms with Gasteiger partial charge in [-0.1, -0.05) is 6.58 Å². The van der Waals surface area contributed by atoms with Gasteiger partial charge in [-0.25, -0.2) is 0 Å². The predicted octanol–water partition coefficient (Wildman–Crippen LogP) is -0.741. The number of likely N-dealkylation sites (N-methyl/N-ethyl adjacent to an activating group) is 1. The number of amides is 1. The molecule has 1 unspecified atom stereocenters. The van der Waals surface area contributed by atoms with Crippen LogP contribution in [0.4, 0.5) is 0 Å². The fraction of sp³-hybridized carbons (Fsp3) is 0.571. The SMILES string of the molecule is C=CC(=O)N(C)CC(C)S(=O)(=O)O.[NaH]. The van der Waals surface area contributed by atoms with Crippen molar-refractivity contribution in [3.05, 3.63) is 12.7 Å². The van der Waals surface area contributed by atoms with Crippen LogP contribution in [0.15, 0.2) is 12.7 Å². The van der Waals surface area contributed by atoms with E-state index in [-0.39, 0.29) is 42.0 Å². The molecule has 0 aromatic carbocycles. The molecule has 0 saturated heterocycles. The van der Waals surface area contributed by atoms with Gasteiger partial charge >= 0.3 is 29.6 Å². The van der Waals surface area contributed by atoms with E-state index < -0.39 is 15.4 Å². The van der Waals surface area contributed by atoms with Crippen LogP contribution in [-0.4, -0.2) is 72.2 Å². The first-order valence-corrected chi connectivity index (χ1v) is 5.13. The summed E-state index contributed by atoms with van der Waals surface area (Å²) >= 11 is 0. The summed E-state index contributed by atoms with van der Waals surface area (Å²) < 4.78 is 29.7. The summed E-state index contributed by atoms with van der Waals surface area (Å²) in [6.45, 7) is 4.52. The Morgan fingerprint density at radius 3 is 2.36 bits per heavy atom. The zero-order valence-electron chi connectivity index (χ0n) is 7.60. The van der Waals surface area contributed by atoms with Crippen molar-refractivity contribution in [2.75, 3.05) is 13.6 Å². The van der Waals surface area contributed by atoms with Gasteiger partial charge in [-0.15, -0.1) is 0 Å². The molecule has 0 spiro atoms. The Hall–Kier alpha value is 0.120. The van der Waals surface area contributed by atoms with E-state index >= 15 is 0 Å². The van der Waals surface area contributed by atoms with Crippen LogP contribution in [-0.2, 0) is 14.9 Å². The molecule has 1 N–H and O–H groups in total. The Bertz CT molecular complexity index is 301. The molecule has 0 aliphatic heterocycles. The summed E-state index contributed by atoms with van der Waals surface area (Å²) in [5.41, 5.74) is 0. The molecule has 0 rings (SSSR count). The van der Waals surface area contributed by atoms with Crippen molar-refractivity contribution >= 4 is 45.6 Å². The number of hydrogen-bond acceptors (Lipinski definition) is 3. The topological polar surface area (TPSA) is 74.7 Å². The zero-order valence-corrected chi connectivity index (χ0v) is 8.41. The Balaban J connectivity index is 0. The fourth-order valence-electron chi connectivity index (χ4n) is 0.726. The number of rotatable bonds is 4. The first-order chi connectivity index (χ1) is 5.79. The molecule has 5 nitrogen and oxygen atoms in total. The number of carbonyl (C=O) groups excluding carboxylic acids is 1. The van der Waals surface area contributed by atoms with E-state index in [0.29, 0.717) is 0 Å². The molecule has 1 amide bonds. The molecule has 14 heavy (non-hydrogen) atoms. The van der Waals surface area contributed by atoms with Gasteiger partial charge < -0.3 is 4.90 Å². The van der Waals surface area contributed by atoms with Crippen molar-refractivity contribution in [2.24, 2.45) is 0 Å². The van der Waals surface area contributed by atoms with Gasteiger partial charge in [-0.3, -0.25) is 9.35 Å². The van der Waals surface area contributed by atoms with Crippen molar-refractivity contribution in [3.8, 4) is 0 Å². The van der Waals surface area contributed by atoms with Crippen LogP contribution in [0, 0.1) is 0 Å². The van der Waals surface area contributed by atoms with Gasteiger partial charge in [0.1, 0.15) is 5.25 Å². The normalized spacial score (nSPS) is 12.5. The molecule has 0 aromatic rings. The van der Waals surface area contributed by atoms with Gasteiger partial charge in [0, 0.05) is 13.6 Å². The van der Waals surface area contributed by atoms with Crippen LogP contribution >= 0.6 is 0 Å². The quantitative estimate of drug-likeness (QED) is 0.393. The first kappa shape index (κ1) is 16.5. The summed E-state index contributed by atoms with van der Waals surface area (Å²) in [7, 11) is -2.63. The summed E-state index contributed by atoms with van der Waals surface area (Å²) in [6, 6.07) is 0. The maximum absolute atomic E-state index is 10.9. The van der Waals surface area contributed by atoms with Gasteiger partial charge in [0.15, 0.2) is 0 Å². The Labute approximate surface area is 106 Å². The minimum absolute atomic E-state index is 0. The van der Waals surface area contributed by atoms with E-state index in [1.165, 1.54) is 18.9 Å². The molecule has 0 radical (unpaired) electrons. The summed E-state index contributed by atoms with van der Waals surface area (Å²) in [5, 5.41) is -0.985. The molecule has 0 aromatic heterocycles. The summed E-state index contributed by atoms with van der Waals surface area (Å²) in [4.78, 5) is 12.1. The molecular formula is C7H14NNaO4S. The van der Waals surface area contributed by atoms with E-state index in [4.69, 9.17) is 4.55 Å². The molecule has 7 heteroatoms. The van der Waals surface area contributed by atoms with Crippen molar-refractivity contribution in [3.63, 3.8) is 0 Å². The Kier molecular flexibility index (Phi) is 7.77. The van der Waals surface area contributed by atoms with E-state index in [9.17, 15) is 13.2 Å². The summed E-state index contributed by atoms with van der Waals surface area (Å²) in [6.07, 6.45) is 1.08. The molecule has 0 bridgehead atoms. The average Bonchev–Trinajstić information content (AvgIpc) is 2.01. The van der Waals surface area contributed by atoms with Crippen LogP contribution in [0.1, 0.15) is 6.92 Å². The number of hydrogen-bond donors (Lipinski definition) is 1. The minimum atomic E-state index is -4.07. The van der Waals surface area contributed by atoms with Crippen molar-refractivity contribution in [2.45, 2.75) is 12.2 Å². The van der Waals surface area contributed by atoms with Crippen molar-refractivity contribution in [1.29, 1.82) is 0 Å². The first-order valence-electron chi connectivity index (χ1n) is 3.63. The number of nitrogens with zero attached hydrogens (tertiary/aromatic N) is 1. The third-order valence-corrected chi connectivity index (χ3v) is 2.76. The van der Waals surface area contributed by atoms with E-state index in [2.05, 4.69) is 6.58 Å². The zero-order chi connectivity index (χ0) is 10.6. The fourth-order valence-corrected chi connectivity index (χ4v) is 1.14. The van der Waals surface area contributed by atoms with Crippen molar-refractivity contribution < 1.29 is 17.8 Å². The Morgan fingerprint density at radius 2 is 2.07 bits per heavy atom. The monoisotopic (exact) mass is 231 g/mol. The van der Waals surface area contributed by atoms with Gasteiger partial charge in [0.05, 0.1) is 0 Å². The van der Waals surface area contributed by atoms with E-state index in [1.54, 1.807) is 0 Å². The van der Waals surface area contributed by atoms with Gasteiger partial charge in [-0.2, -0.15) is 8.42 Å². The summed E-state index contributed by atoms with van der Waals surface area (Å²) in [5.74, 6) is -0.379. The number of carbonyl (C=O) groups is 1. The van der Waals surface area contributed by atoms with Gasteiger partial charge in [0.2, 0.25) is 5.91 Å². The standard InChI is InChI=1S/C7H13NO4S.Na.H/c1-4-7(9)8(3)5-6(2)13(10,11)12;;/h4,6H,1,5H2,2-3H3,(H,10,11,12);;. The Morgan fingerprint density at radius 1 is 1.64 bits per heavy atom. The molecule has 0 aliphatic carbocycles. The third-order valence-electron chi connectivity index (χ3n) is 1.59. The van der Waals surface area contributed by atoms with Crippen LogP contribution in [0.3, 0.4) is 0 Å². The van der Waals surface area contributed by atoms with Crippen LogP contribution in [0.25, 0.3) is 0 Å². The van der Waals surface area contributed by atoms with Crippen LogP contribution < -0.4 is 0 Å². The van der Waals surface area contributed by atoms with E-state index in [0.717, 1.165) is 6.08 Å². The molecule has 1 atom stereocenters. The second-order valence-electron chi connectivity index (χ2n) is 2.75. The van der Waals surface area contributed by atoms with Crippen LogP contribution in [0.2, 0.25) is 0 Å².